The third-order valence-corrected chi connectivity index (χ3v) is 7.07. The van der Waals surface area contributed by atoms with Crippen molar-refractivity contribution < 1.29 is 19.1 Å². The Bertz CT molecular complexity index is 1010. The lowest BCUT2D eigenvalue weighted by molar-refractivity contribution is -0.126. The Morgan fingerprint density at radius 2 is 1.79 bits per heavy atom. The molecule has 0 spiro atoms. The Kier molecular flexibility index (Phi) is 8.07. The maximum Gasteiger partial charge on any atom is 0.286 e. The molecule has 2 fully saturated rings. The van der Waals surface area contributed by atoms with Crippen molar-refractivity contribution in [1.29, 1.82) is 0 Å². The van der Waals surface area contributed by atoms with Crippen molar-refractivity contribution in [3.8, 4) is 5.75 Å². The number of hydrogen-bond acceptors (Lipinski definition) is 8. The largest absolute Gasteiger partial charge is 0.497 e. The van der Waals surface area contributed by atoms with E-state index < -0.39 is 5.91 Å². The third-order valence-electron chi connectivity index (χ3n) is 6.16. The van der Waals surface area contributed by atoms with Crippen molar-refractivity contribution >= 4 is 34.7 Å². The normalized spacial score (nSPS) is 18.5. The number of nitrogens with one attached hydrogen (secondary N) is 2. The molecule has 10 nitrogen and oxygen atoms in total. The zero-order chi connectivity index (χ0) is 23.9. The molecular weight excluding hydrogens is 456 g/mol. The molecule has 0 bridgehead atoms. The van der Waals surface area contributed by atoms with E-state index in [1.165, 1.54) is 12.8 Å². The molecule has 0 saturated carbocycles. The van der Waals surface area contributed by atoms with Crippen molar-refractivity contribution in [1.82, 2.24) is 25.3 Å². The Hall–Kier alpha value is -3.05. The number of ether oxygens (including phenoxy) is 1. The number of carbonyl (C=O) groups is 3. The average Bonchev–Trinajstić information content (AvgIpc) is 3.57. The highest BCUT2D eigenvalue weighted by molar-refractivity contribution is 7.15. The summed E-state index contributed by atoms with van der Waals surface area (Å²) in [4.78, 5) is 42.1. The number of nitrogens with zero attached hydrogens (tertiary/aromatic N) is 4. The fourth-order valence-electron chi connectivity index (χ4n) is 4.26. The highest BCUT2D eigenvalue weighted by Gasteiger charge is 2.31. The van der Waals surface area contributed by atoms with Gasteiger partial charge in [0.05, 0.1) is 13.0 Å². The van der Waals surface area contributed by atoms with E-state index in [-0.39, 0.29) is 27.7 Å². The van der Waals surface area contributed by atoms with Gasteiger partial charge in [0.2, 0.25) is 15.9 Å². The summed E-state index contributed by atoms with van der Waals surface area (Å²) in [5, 5.41) is 13.8. The van der Waals surface area contributed by atoms with Gasteiger partial charge in [-0.05, 0) is 63.0 Å². The van der Waals surface area contributed by atoms with Crippen LogP contribution in [0.1, 0.15) is 45.3 Å². The van der Waals surface area contributed by atoms with Crippen LogP contribution < -0.4 is 15.4 Å². The zero-order valence-corrected chi connectivity index (χ0v) is 20.1. The first-order valence-electron chi connectivity index (χ1n) is 11.6. The van der Waals surface area contributed by atoms with Crippen LogP contribution in [0.4, 0.5) is 5.69 Å². The summed E-state index contributed by atoms with van der Waals surface area (Å²) in [5.41, 5.74) is 0.587. The van der Waals surface area contributed by atoms with Gasteiger partial charge in [0.25, 0.3) is 11.8 Å². The molecule has 11 heteroatoms. The van der Waals surface area contributed by atoms with Gasteiger partial charge in [0.1, 0.15) is 5.75 Å². The predicted octanol–water partition coefficient (Wildman–Crippen LogP) is 1.86. The lowest BCUT2D eigenvalue weighted by Gasteiger charge is -2.31. The van der Waals surface area contributed by atoms with Crippen LogP contribution in [0, 0.1) is 5.92 Å². The molecule has 0 radical (unpaired) electrons. The number of carbonyl (C=O) groups excluding carboxylic acids is 3. The number of benzene rings is 1. The summed E-state index contributed by atoms with van der Waals surface area (Å²) in [5.74, 6) is -0.288. The molecule has 3 amide bonds. The molecule has 1 aromatic carbocycles. The van der Waals surface area contributed by atoms with E-state index >= 15 is 0 Å². The molecule has 34 heavy (non-hydrogen) atoms. The highest BCUT2D eigenvalue weighted by atomic mass is 32.1. The quantitative estimate of drug-likeness (QED) is 0.585. The van der Waals surface area contributed by atoms with E-state index in [1.54, 1.807) is 36.3 Å². The van der Waals surface area contributed by atoms with Gasteiger partial charge >= 0.3 is 0 Å². The summed E-state index contributed by atoms with van der Waals surface area (Å²) >= 11 is 0.951. The number of methoxy groups -OCH3 is 1. The van der Waals surface area contributed by atoms with Gasteiger partial charge in [-0.25, -0.2) is 0 Å². The van der Waals surface area contributed by atoms with Gasteiger partial charge in [-0.3, -0.25) is 14.4 Å². The van der Waals surface area contributed by atoms with E-state index in [4.69, 9.17) is 4.74 Å². The summed E-state index contributed by atoms with van der Waals surface area (Å²) in [6, 6.07) is 6.90. The molecule has 182 valence electrons. The van der Waals surface area contributed by atoms with Crippen molar-refractivity contribution in [2.24, 2.45) is 5.92 Å². The van der Waals surface area contributed by atoms with Crippen molar-refractivity contribution in [3.05, 3.63) is 34.3 Å². The first kappa shape index (κ1) is 24.1. The smallest absolute Gasteiger partial charge is 0.286 e. The van der Waals surface area contributed by atoms with Crippen molar-refractivity contribution in [3.63, 3.8) is 0 Å². The fourth-order valence-corrected chi connectivity index (χ4v) is 4.97. The number of anilines is 1. The number of amides is 3. The van der Waals surface area contributed by atoms with Gasteiger partial charge in [0, 0.05) is 31.9 Å². The molecule has 0 unspecified atom stereocenters. The monoisotopic (exact) mass is 486 g/mol. The maximum atomic E-state index is 13.0. The second-order valence-corrected chi connectivity index (χ2v) is 9.50. The summed E-state index contributed by atoms with van der Waals surface area (Å²) in [6.07, 6.45) is 3.96. The van der Waals surface area contributed by atoms with E-state index in [2.05, 4.69) is 25.7 Å². The van der Waals surface area contributed by atoms with Gasteiger partial charge < -0.3 is 25.2 Å². The van der Waals surface area contributed by atoms with Gasteiger partial charge in [-0.2, -0.15) is 0 Å². The van der Waals surface area contributed by atoms with E-state index in [9.17, 15) is 14.4 Å². The van der Waals surface area contributed by atoms with E-state index in [1.807, 2.05) is 0 Å². The van der Waals surface area contributed by atoms with Crippen LogP contribution >= 0.6 is 11.3 Å². The zero-order valence-electron chi connectivity index (χ0n) is 19.3. The minimum absolute atomic E-state index is 0.00600. The van der Waals surface area contributed by atoms with Gasteiger partial charge in [-0.15, -0.1) is 10.2 Å². The minimum atomic E-state index is -0.435. The number of likely N-dealkylation sites (tertiary alicyclic amines) is 2. The van der Waals surface area contributed by atoms with Crippen molar-refractivity contribution in [2.45, 2.75) is 25.7 Å². The first-order chi connectivity index (χ1) is 16.5. The van der Waals surface area contributed by atoms with Crippen LogP contribution in [-0.2, 0) is 4.79 Å². The number of piperidine rings is 1. The van der Waals surface area contributed by atoms with Crippen LogP contribution in [0.2, 0.25) is 0 Å². The van der Waals surface area contributed by atoms with E-state index in [0.717, 1.165) is 43.8 Å². The second-order valence-electron chi connectivity index (χ2n) is 8.53. The lowest BCUT2D eigenvalue weighted by atomic mass is 9.97. The standard InChI is InChI=1S/C23H30N6O4S/c1-33-18-8-6-17(7-9-18)25-20(31)21-26-27-22(34-21)23(32)29-13-4-5-16(15-29)19(30)24-10-14-28-11-2-3-12-28/h6-9,16H,2-5,10-15H2,1H3,(H,24,30)(H,25,31)/t16-/m0/s1. The molecule has 2 aromatic rings. The molecule has 3 heterocycles. The fraction of sp³-hybridized carbons (Fsp3) is 0.522. The summed E-state index contributed by atoms with van der Waals surface area (Å²) in [7, 11) is 1.57. The van der Waals surface area contributed by atoms with Crippen LogP contribution in [0.3, 0.4) is 0 Å². The predicted molar refractivity (Wildman–Crippen MR) is 128 cm³/mol. The Morgan fingerprint density at radius 1 is 1.06 bits per heavy atom. The molecule has 2 aliphatic heterocycles. The number of aromatic nitrogens is 2. The summed E-state index contributed by atoms with van der Waals surface area (Å²) in [6.45, 7) is 4.61. The molecule has 2 N–H and O–H groups in total. The first-order valence-corrected chi connectivity index (χ1v) is 12.4. The highest BCUT2D eigenvalue weighted by Crippen LogP contribution is 2.21. The number of rotatable bonds is 8. The summed E-state index contributed by atoms with van der Waals surface area (Å²) < 4.78 is 5.11. The van der Waals surface area contributed by atoms with Crippen LogP contribution in [0.5, 0.6) is 5.75 Å². The van der Waals surface area contributed by atoms with Gasteiger partial charge in [-0.1, -0.05) is 11.3 Å². The molecule has 1 atom stereocenters. The SMILES string of the molecule is COc1ccc(NC(=O)c2nnc(C(=O)N3CCC[C@H](C(=O)NCCN4CCCC4)C3)s2)cc1. The topological polar surface area (TPSA) is 117 Å². The second kappa shape index (κ2) is 11.4. The molecular formula is C23H30N6O4S. The third kappa shape index (κ3) is 6.09. The Balaban J connectivity index is 1.28. The van der Waals surface area contributed by atoms with Crippen LogP contribution in [0.15, 0.2) is 24.3 Å². The van der Waals surface area contributed by atoms with Crippen molar-refractivity contribution in [2.75, 3.05) is 51.7 Å². The van der Waals surface area contributed by atoms with Gasteiger partial charge in [0.15, 0.2) is 0 Å². The maximum absolute atomic E-state index is 13.0. The molecule has 0 aliphatic carbocycles. The lowest BCUT2D eigenvalue weighted by Crippen LogP contribution is -2.46. The Morgan fingerprint density at radius 3 is 2.53 bits per heavy atom. The Labute approximate surface area is 202 Å². The molecule has 4 rings (SSSR count). The minimum Gasteiger partial charge on any atom is -0.497 e. The average molecular weight is 487 g/mol. The molecule has 2 aliphatic rings. The molecule has 1 aromatic heterocycles. The van der Waals surface area contributed by atoms with Crippen LogP contribution in [0.25, 0.3) is 0 Å². The van der Waals surface area contributed by atoms with E-state index in [0.29, 0.717) is 31.1 Å². The molecule has 2 saturated heterocycles. The van der Waals surface area contributed by atoms with Crippen LogP contribution in [-0.4, -0.2) is 84.1 Å². The number of hydrogen-bond donors (Lipinski definition) is 2.